The van der Waals surface area contributed by atoms with Crippen LogP contribution in [0.4, 0.5) is 5.69 Å². The minimum Gasteiger partial charge on any atom is -0.468 e. The van der Waals surface area contributed by atoms with Crippen molar-refractivity contribution in [2.75, 3.05) is 19.6 Å². The first kappa shape index (κ1) is 17.2. The number of carbonyl (C=O) groups excluding carboxylic acids is 1. The van der Waals surface area contributed by atoms with E-state index in [2.05, 4.69) is 10.2 Å². The Balaban J connectivity index is 1.73. The Morgan fingerprint density at radius 3 is 2.64 bits per heavy atom. The topological polar surface area (TPSA) is 88.6 Å². The summed E-state index contributed by atoms with van der Waals surface area (Å²) in [6.07, 6.45) is 5.07. The first-order valence-electron chi connectivity index (χ1n) is 8.46. The number of nitrogens with one attached hydrogen (secondary N) is 1. The zero-order valence-corrected chi connectivity index (χ0v) is 13.9. The van der Waals surface area contributed by atoms with Gasteiger partial charge < -0.3 is 9.73 Å². The fourth-order valence-electron chi connectivity index (χ4n) is 3.23. The highest BCUT2D eigenvalue weighted by Gasteiger charge is 2.26. The van der Waals surface area contributed by atoms with Crippen molar-refractivity contribution in [1.29, 1.82) is 0 Å². The molecule has 1 amide bonds. The molecule has 2 heterocycles. The number of hydrogen-bond acceptors (Lipinski definition) is 5. The van der Waals surface area contributed by atoms with Gasteiger partial charge in [0.25, 0.3) is 11.6 Å². The monoisotopic (exact) mass is 343 g/mol. The second-order valence-corrected chi connectivity index (χ2v) is 6.11. The number of nitro groups is 1. The number of furan rings is 1. The predicted octanol–water partition coefficient (Wildman–Crippen LogP) is 3.14. The number of para-hydroxylation sites is 1. The van der Waals surface area contributed by atoms with Gasteiger partial charge in [-0.05, 0) is 44.1 Å². The van der Waals surface area contributed by atoms with Crippen LogP contribution < -0.4 is 5.32 Å². The molecule has 1 atom stereocenters. The molecule has 7 heteroatoms. The zero-order valence-electron chi connectivity index (χ0n) is 13.9. The van der Waals surface area contributed by atoms with Crippen molar-refractivity contribution < 1.29 is 14.1 Å². The second kappa shape index (κ2) is 7.94. The smallest absolute Gasteiger partial charge is 0.282 e. The van der Waals surface area contributed by atoms with Gasteiger partial charge in [0.05, 0.1) is 17.2 Å². The summed E-state index contributed by atoms with van der Waals surface area (Å²) in [4.78, 5) is 25.3. The molecule has 1 saturated heterocycles. The van der Waals surface area contributed by atoms with Crippen LogP contribution in [0.25, 0.3) is 0 Å². The third-order valence-corrected chi connectivity index (χ3v) is 4.50. The highest BCUT2D eigenvalue weighted by Crippen LogP contribution is 2.25. The Bertz CT molecular complexity index is 724. The molecule has 132 valence electrons. The number of nitrogens with zero attached hydrogens (tertiary/aromatic N) is 2. The SMILES string of the molecule is O=C(NC[C@@H](c1ccco1)N1CCCCC1)c1ccccc1[N+](=O)[O-]. The minimum absolute atomic E-state index is 0.0676. The number of hydrogen-bond donors (Lipinski definition) is 1. The standard InChI is InChI=1S/C18H21N3O4/c22-18(14-7-2-3-8-15(14)21(23)24)19-13-16(17-9-6-12-25-17)20-10-4-1-5-11-20/h2-3,6-9,12,16H,1,4-5,10-11,13H2,(H,19,22)/t16-/m0/s1. The van der Waals surface area contributed by atoms with Gasteiger partial charge in [0.2, 0.25) is 0 Å². The Morgan fingerprint density at radius 2 is 1.96 bits per heavy atom. The molecule has 0 aliphatic carbocycles. The lowest BCUT2D eigenvalue weighted by Crippen LogP contribution is -2.40. The molecule has 7 nitrogen and oxygen atoms in total. The summed E-state index contributed by atoms with van der Waals surface area (Å²) in [5.41, 5.74) is -0.114. The molecule has 0 radical (unpaired) electrons. The van der Waals surface area contributed by atoms with Gasteiger partial charge in [-0.2, -0.15) is 0 Å². The maximum absolute atomic E-state index is 12.5. The van der Waals surface area contributed by atoms with Crippen LogP contribution in [0.2, 0.25) is 0 Å². The summed E-state index contributed by atoms with van der Waals surface area (Å²) in [6.45, 7) is 2.25. The number of piperidine rings is 1. The zero-order chi connectivity index (χ0) is 17.6. The predicted molar refractivity (Wildman–Crippen MR) is 92.3 cm³/mol. The molecule has 0 saturated carbocycles. The molecule has 1 N–H and O–H groups in total. The summed E-state index contributed by atoms with van der Waals surface area (Å²) >= 11 is 0. The maximum Gasteiger partial charge on any atom is 0.282 e. The van der Waals surface area contributed by atoms with Crippen LogP contribution in [0.5, 0.6) is 0 Å². The van der Waals surface area contributed by atoms with Gasteiger partial charge in [0, 0.05) is 12.6 Å². The number of nitro benzene ring substituents is 1. The van der Waals surface area contributed by atoms with Gasteiger partial charge in [-0.1, -0.05) is 18.6 Å². The van der Waals surface area contributed by atoms with Crippen LogP contribution in [0.3, 0.4) is 0 Å². The number of likely N-dealkylation sites (tertiary alicyclic amines) is 1. The quantitative estimate of drug-likeness (QED) is 0.643. The number of amides is 1. The molecule has 1 aliphatic rings. The molecule has 1 aliphatic heterocycles. The lowest BCUT2D eigenvalue weighted by Gasteiger charge is -2.33. The van der Waals surface area contributed by atoms with Crippen LogP contribution in [-0.2, 0) is 0 Å². The van der Waals surface area contributed by atoms with E-state index in [4.69, 9.17) is 4.42 Å². The maximum atomic E-state index is 12.5. The number of rotatable bonds is 6. The van der Waals surface area contributed by atoms with E-state index in [0.717, 1.165) is 31.7 Å². The highest BCUT2D eigenvalue weighted by atomic mass is 16.6. The van der Waals surface area contributed by atoms with Gasteiger partial charge in [0.1, 0.15) is 11.3 Å². The second-order valence-electron chi connectivity index (χ2n) is 6.11. The lowest BCUT2D eigenvalue weighted by molar-refractivity contribution is -0.385. The van der Waals surface area contributed by atoms with E-state index in [9.17, 15) is 14.9 Å². The molecule has 3 rings (SSSR count). The average Bonchev–Trinajstić information content (AvgIpc) is 3.17. The number of carbonyl (C=O) groups is 1. The number of benzene rings is 1. The van der Waals surface area contributed by atoms with E-state index >= 15 is 0 Å². The largest absolute Gasteiger partial charge is 0.468 e. The first-order chi connectivity index (χ1) is 12.2. The Hall–Kier alpha value is -2.67. The summed E-state index contributed by atoms with van der Waals surface area (Å²) in [7, 11) is 0. The van der Waals surface area contributed by atoms with Crippen LogP contribution in [0, 0.1) is 10.1 Å². The molecule has 0 bridgehead atoms. The molecule has 1 aromatic heterocycles. The van der Waals surface area contributed by atoms with Crippen molar-refractivity contribution in [3.63, 3.8) is 0 Å². The molecule has 0 unspecified atom stereocenters. The molecule has 2 aromatic rings. The summed E-state index contributed by atoms with van der Waals surface area (Å²) in [5.74, 6) is 0.352. The van der Waals surface area contributed by atoms with E-state index < -0.39 is 10.8 Å². The molecular formula is C18H21N3O4. The van der Waals surface area contributed by atoms with Gasteiger partial charge in [-0.25, -0.2) is 0 Å². The van der Waals surface area contributed by atoms with Crippen LogP contribution in [-0.4, -0.2) is 35.4 Å². The fraction of sp³-hybridized carbons (Fsp3) is 0.389. The van der Waals surface area contributed by atoms with Crippen molar-refractivity contribution in [2.45, 2.75) is 25.3 Å². The van der Waals surface area contributed by atoms with E-state index in [1.807, 2.05) is 12.1 Å². The summed E-state index contributed by atoms with van der Waals surface area (Å²) in [5, 5.41) is 13.9. The van der Waals surface area contributed by atoms with Crippen LogP contribution in [0.1, 0.15) is 41.4 Å². The Kier molecular flexibility index (Phi) is 5.45. The molecular weight excluding hydrogens is 322 g/mol. The molecule has 0 spiro atoms. The van der Waals surface area contributed by atoms with Crippen LogP contribution in [0.15, 0.2) is 47.1 Å². The Morgan fingerprint density at radius 1 is 1.20 bits per heavy atom. The van der Waals surface area contributed by atoms with Gasteiger partial charge >= 0.3 is 0 Å². The highest BCUT2D eigenvalue weighted by molar-refractivity contribution is 5.98. The average molecular weight is 343 g/mol. The molecule has 1 fully saturated rings. The third-order valence-electron chi connectivity index (χ3n) is 4.50. The molecule has 1 aromatic carbocycles. The normalized spacial score (nSPS) is 16.3. The third kappa shape index (κ3) is 4.06. The van der Waals surface area contributed by atoms with Gasteiger partial charge in [-0.3, -0.25) is 19.8 Å². The summed E-state index contributed by atoms with van der Waals surface area (Å²) in [6, 6.07) is 9.64. The van der Waals surface area contributed by atoms with Crippen molar-refractivity contribution in [1.82, 2.24) is 10.2 Å². The lowest BCUT2D eigenvalue weighted by atomic mass is 10.1. The fourth-order valence-corrected chi connectivity index (χ4v) is 3.23. The molecule has 25 heavy (non-hydrogen) atoms. The van der Waals surface area contributed by atoms with Crippen molar-refractivity contribution in [3.05, 3.63) is 64.1 Å². The minimum atomic E-state index is -0.538. The summed E-state index contributed by atoms with van der Waals surface area (Å²) < 4.78 is 5.55. The first-order valence-corrected chi connectivity index (χ1v) is 8.46. The Labute approximate surface area is 145 Å². The van der Waals surface area contributed by atoms with Gasteiger partial charge in [0.15, 0.2) is 0 Å². The van der Waals surface area contributed by atoms with E-state index in [1.165, 1.54) is 18.6 Å². The van der Waals surface area contributed by atoms with Crippen molar-refractivity contribution in [2.24, 2.45) is 0 Å². The van der Waals surface area contributed by atoms with E-state index in [0.29, 0.717) is 6.54 Å². The van der Waals surface area contributed by atoms with E-state index in [1.54, 1.807) is 18.4 Å². The van der Waals surface area contributed by atoms with Crippen molar-refractivity contribution >= 4 is 11.6 Å². The van der Waals surface area contributed by atoms with Crippen LogP contribution >= 0.6 is 0 Å². The van der Waals surface area contributed by atoms with Gasteiger partial charge in [-0.15, -0.1) is 0 Å². The van der Waals surface area contributed by atoms with Crippen molar-refractivity contribution in [3.8, 4) is 0 Å². The van der Waals surface area contributed by atoms with E-state index in [-0.39, 0.29) is 17.3 Å².